The van der Waals surface area contributed by atoms with Gasteiger partial charge in [-0.2, -0.15) is 0 Å². The van der Waals surface area contributed by atoms with E-state index in [0.29, 0.717) is 18.8 Å². The van der Waals surface area contributed by atoms with E-state index in [1.54, 1.807) is 0 Å². The number of H-pyrrole nitrogens is 1. The van der Waals surface area contributed by atoms with Crippen LogP contribution in [0.15, 0.2) is 78.9 Å². The summed E-state index contributed by atoms with van der Waals surface area (Å²) >= 11 is 0. The molecule has 4 heteroatoms. The molecular weight excluding hydrogens is 360 g/mol. The molecule has 0 radical (unpaired) electrons. The summed E-state index contributed by atoms with van der Waals surface area (Å²) in [6.07, 6.45) is 0.816. The fourth-order valence-corrected chi connectivity index (χ4v) is 3.36. The summed E-state index contributed by atoms with van der Waals surface area (Å²) < 4.78 is 5.87. The van der Waals surface area contributed by atoms with E-state index in [1.807, 2.05) is 66.7 Å². The molecule has 1 amide bonds. The van der Waals surface area contributed by atoms with Crippen LogP contribution in [0.25, 0.3) is 10.9 Å². The molecule has 1 aromatic heterocycles. The Hall–Kier alpha value is -3.53. The van der Waals surface area contributed by atoms with Crippen LogP contribution in [0, 0.1) is 6.92 Å². The first-order valence-corrected chi connectivity index (χ1v) is 9.81. The molecule has 146 valence electrons. The fourth-order valence-electron chi connectivity index (χ4n) is 3.36. The van der Waals surface area contributed by atoms with Crippen molar-refractivity contribution in [1.82, 2.24) is 10.3 Å². The molecule has 0 aliphatic rings. The van der Waals surface area contributed by atoms with E-state index in [4.69, 9.17) is 4.74 Å². The molecule has 29 heavy (non-hydrogen) atoms. The Bertz CT molecular complexity index is 1120. The molecule has 2 N–H and O–H groups in total. The summed E-state index contributed by atoms with van der Waals surface area (Å²) in [7, 11) is 0. The second kappa shape index (κ2) is 8.65. The Kier molecular flexibility index (Phi) is 5.61. The predicted octanol–water partition coefficient (Wildman–Crippen LogP) is 5.03. The minimum absolute atomic E-state index is 0.0958. The molecule has 3 aromatic carbocycles. The number of aromatic amines is 1. The van der Waals surface area contributed by atoms with Crippen LogP contribution in [0.1, 0.15) is 27.2 Å². The first kappa shape index (κ1) is 18.8. The molecule has 0 unspecified atom stereocenters. The number of benzene rings is 3. The minimum Gasteiger partial charge on any atom is -0.489 e. The van der Waals surface area contributed by atoms with Crippen LogP contribution < -0.4 is 10.1 Å². The molecule has 4 rings (SSSR count). The standard InChI is InChI=1S/C25H24N2O2/c1-18-7-5-6-10-20(18)13-14-26-25(28)24-15-21-11-12-22(16-23(21)27-24)29-17-19-8-3-2-4-9-19/h2-12,15-16,27H,13-14,17H2,1H3,(H,26,28). The summed E-state index contributed by atoms with van der Waals surface area (Å²) in [6, 6.07) is 26.0. The first-order chi connectivity index (χ1) is 14.2. The topological polar surface area (TPSA) is 54.1 Å². The van der Waals surface area contributed by atoms with Crippen molar-refractivity contribution in [2.75, 3.05) is 6.54 Å². The third-order valence-electron chi connectivity index (χ3n) is 5.03. The second-order valence-electron chi connectivity index (χ2n) is 7.14. The highest BCUT2D eigenvalue weighted by Gasteiger charge is 2.10. The average Bonchev–Trinajstić information content (AvgIpc) is 3.18. The molecule has 0 atom stereocenters. The van der Waals surface area contributed by atoms with Crippen LogP contribution in [-0.4, -0.2) is 17.4 Å². The van der Waals surface area contributed by atoms with Crippen molar-refractivity contribution in [1.29, 1.82) is 0 Å². The monoisotopic (exact) mass is 384 g/mol. The predicted molar refractivity (Wildman–Crippen MR) is 116 cm³/mol. The third-order valence-corrected chi connectivity index (χ3v) is 5.03. The first-order valence-electron chi connectivity index (χ1n) is 9.81. The van der Waals surface area contributed by atoms with Crippen LogP contribution in [0.5, 0.6) is 5.75 Å². The Morgan fingerprint density at radius 1 is 0.966 bits per heavy atom. The number of hydrogen-bond donors (Lipinski definition) is 2. The quantitative estimate of drug-likeness (QED) is 0.470. The van der Waals surface area contributed by atoms with Gasteiger partial charge in [-0.25, -0.2) is 0 Å². The molecule has 0 aliphatic carbocycles. The highest BCUT2D eigenvalue weighted by molar-refractivity contribution is 5.98. The number of carbonyl (C=O) groups excluding carboxylic acids is 1. The normalized spacial score (nSPS) is 10.8. The van der Waals surface area contributed by atoms with Gasteiger partial charge in [0.1, 0.15) is 18.1 Å². The van der Waals surface area contributed by atoms with Crippen molar-refractivity contribution in [3.05, 3.63) is 101 Å². The highest BCUT2D eigenvalue weighted by atomic mass is 16.5. The van der Waals surface area contributed by atoms with Gasteiger partial charge in [0.15, 0.2) is 0 Å². The number of amides is 1. The van der Waals surface area contributed by atoms with Gasteiger partial charge in [-0.1, -0.05) is 54.6 Å². The fraction of sp³-hybridized carbons (Fsp3) is 0.160. The van der Waals surface area contributed by atoms with E-state index in [-0.39, 0.29) is 5.91 Å². The lowest BCUT2D eigenvalue weighted by molar-refractivity contribution is 0.0950. The maximum atomic E-state index is 12.5. The van der Waals surface area contributed by atoms with Gasteiger partial charge in [-0.05, 0) is 48.2 Å². The van der Waals surface area contributed by atoms with Gasteiger partial charge in [0.25, 0.3) is 5.91 Å². The van der Waals surface area contributed by atoms with Crippen molar-refractivity contribution < 1.29 is 9.53 Å². The average molecular weight is 384 g/mol. The van der Waals surface area contributed by atoms with Gasteiger partial charge in [0, 0.05) is 23.5 Å². The van der Waals surface area contributed by atoms with E-state index in [1.165, 1.54) is 11.1 Å². The number of fused-ring (bicyclic) bond motifs is 1. The van der Waals surface area contributed by atoms with E-state index in [2.05, 4.69) is 29.4 Å². The summed E-state index contributed by atoms with van der Waals surface area (Å²) in [4.78, 5) is 15.7. The largest absolute Gasteiger partial charge is 0.489 e. The van der Waals surface area contributed by atoms with Crippen LogP contribution in [-0.2, 0) is 13.0 Å². The Balaban J connectivity index is 1.37. The van der Waals surface area contributed by atoms with E-state index in [0.717, 1.165) is 28.6 Å². The third kappa shape index (κ3) is 4.66. The maximum Gasteiger partial charge on any atom is 0.267 e. The minimum atomic E-state index is -0.0958. The number of rotatable bonds is 7. The Morgan fingerprint density at radius 3 is 2.59 bits per heavy atom. The SMILES string of the molecule is Cc1ccccc1CCNC(=O)c1cc2ccc(OCc3ccccc3)cc2[nH]1. The lowest BCUT2D eigenvalue weighted by Crippen LogP contribution is -2.26. The van der Waals surface area contributed by atoms with Crippen molar-refractivity contribution in [3.8, 4) is 5.75 Å². The summed E-state index contributed by atoms with van der Waals surface area (Å²) in [5.41, 5.74) is 5.07. The Morgan fingerprint density at radius 2 is 1.76 bits per heavy atom. The van der Waals surface area contributed by atoms with E-state index < -0.39 is 0 Å². The van der Waals surface area contributed by atoms with Gasteiger partial charge < -0.3 is 15.0 Å². The van der Waals surface area contributed by atoms with Crippen LogP contribution in [0.4, 0.5) is 0 Å². The van der Waals surface area contributed by atoms with Gasteiger partial charge in [0.2, 0.25) is 0 Å². The lowest BCUT2D eigenvalue weighted by Gasteiger charge is -2.06. The zero-order chi connectivity index (χ0) is 20.1. The number of nitrogens with one attached hydrogen (secondary N) is 2. The van der Waals surface area contributed by atoms with Gasteiger partial charge in [0.05, 0.1) is 0 Å². The van der Waals surface area contributed by atoms with E-state index in [9.17, 15) is 4.79 Å². The van der Waals surface area contributed by atoms with Gasteiger partial charge >= 0.3 is 0 Å². The molecule has 0 spiro atoms. The molecule has 0 fully saturated rings. The number of ether oxygens (including phenoxy) is 1. The summed E-state index contributed by atoms with van der Waals surface area (Å²) in [5.74, 6) is 0.677. The number of carbonyl (C=O) groups is 1. The van der Waals surface area contributed by atoms with Gasteiger partial charge in [-0.3, -0.25) is 4.79 Å². The second-order valence-corrected chi connectivity index (χ2v) is 7.14. The van der Waals surface area contributed by atoms with Crippen molar-refractivity contribution in [3.63, 3.8) is 0 Å². The van der Waals surface area contributed by atoms with E-state index >= 15 is 0 Å². The molecule has 4 nitrogen and oxygen atoms in total. The number of aryl methyl sites for hydroxylation is 1. The number of aromatic nitrogens is 1. The Labute approximate surface area is 170 Å². The van der Waals surface area contributed by atoms with Crippen molar-refractivity contribution in [2.45, 2.75) is 20.0 Å². The molecule has 0 saturated heterocycles. The summed E-state index contributed by atoms with van der Waals surface area (Å²) in [6.45, 7) is 3.20. The molecule has 1 heterocycles. The number of hydrogen-bond acceptors (Lipinski definition) is 2. The molecule has 0 saturated carbocycles. The highest BCUT2D eigenvalue weighted by Crippen LogP contribution is 2.22. The molecule has 4 aromatic rings. The molecular formula is C25H24N2O2. The summed E-state index contributed by atoms with van der Waals surface area (Å²) in [5, 5.41) is 3.98. The van der Waals surface area contributed by atoms with Crippen LogP contribution in [0.3, 0.4) is 0 Å². The van der Waals surface area contributed by atoms with Crippen molar-refractivity contribution >= 4 is 16.8 Å². The zero-order valence-electron chi connectivity index (χ0n) is 16.4. The lowest BCUT2D eigenvalue weighted by atomic mass is 10.1. The smallest absolute Gasteiger partial charge is 0.267 e. The van der Waals surface area contributed by atoms with Gasteiger partial charge in [-0.15, -0.1) is 0 Å². The maximum absolute atomic E-state index is 12.5. The van der Waals surface area contributed by atoms with Crippen LogP contribution in [0.2, 0.25) is 0 Å². The van der Waals surface area contributed by atoms with Crippen LogP contribution >= 0.6 is 0 Å². The molecule has 0 bridgehead atoms. The molecule has 0 aliphatic heterocycles. The van der Waals surface area contributed by atoms with Crippen molar-refractivity contribution in [2.24, 2.45) is 0 Å². The zero-order valence-corrected chi connectivity index (χ0v) is 16.4.